The number of rotatable bonds is 2. The third-order valence-corrected chi connectivity index (χ3v) is 3.86. The molecule has 0 saturated carbocycles. The summed E-state index contributed by atoms with van der Waals surface area (Å²) < 4.78 is 13.1. The zero-order chi connectivity index (χ0) is 14.8. The molecule has 1 amide bonds. The fourth-order valence-electron chi connectivity index (χ4n) is 2.72. The molecule has 1 aliphatic heterocycles. The number of halogens is 1. The van der Waals surface area contributed by atoms with Gasteiger partial charge >= 0.3 is 0 Å². The summed E-state index contributed by atoms with van der Waals surface area (Å²) >= 11 is 0. The van der Waals surface area contributed by atoms with Crippen LogP contribution in [0, 0.1) is 12.7 Å². The van der Waals surface area contributed by atoms with Crippen LogP contribution in [0.4, 0.5) is 10.1 Å². The van der Waals surface area contributed by atoms with Gasteiger partial charge in [-0.15, -0.1) is 0 Å². The van der Waals surface area contributed by atoms with Gasteiger partial charge in [-0.05, 0) is 41.8 Å². The number of anilines is 1. The number of benzene rings is 2. The van der Waals surface area contributed by atoms with Gasteiger partial charge in [0.05, 0.1) is 5.92 Å². The van der Waals surface area contributed by atoms with E-state index in [9.17, 15) is 9.18 Å². The quantitative estimate of drug-likeness (QED) is 0.890. The molecule has 0 spiro atoms. The van der Waals surface area contributed by atoms with Crippen molar-refractivity contribution in [2.24, 2.45) is 0 Å². The topological polar surface area (TPSA) is 41.1 Å². The minimum absolute atomic E-state index is 0.0654. The van der Waals surface area contributed by atoms with Gasteiger partial charge in [0.15, 0.2) is 0 Å². The molecule has 0 saturated heterocycles. The van der Waals surface area contributed by atoms with Gasteiger partial charge in [-0.2, -0.15) is 0 Å². The average Bonchev–Trinajstić information content (AvgIpc) is 2.49. The summed E-state index contributed by atoms with van der Waals surface area (Å²) in [5, 5.41) is 6.16. The highest BCUT2D eigenvalue weighted by Crippen LogP contribution is 2.26. The lowest BCUT2D eigenvalue weighted by atomic mass is 9.90. The maximum atomic E-state index is 13.1. The molecule has 3 rings (SSSR count). The summed E-state index contributed by atoms with van der Waals surface area (Å²) in [5.41, 5.74) is 3.60. The minimum Gasteiger partial charge on any atom is -0.325 e. The Morgan fingerprint density at radius 1 is 1.29 bits per heavy atom. The van der Waals surface area contributed by atoms with Crippen molar-refractivity contribution in [2.45, 2.75) is 19.4 Å². The van der Waals surface area contributed by atoms with Gasteiger partial charge in [0, 0.05) is 18.8 Å². The first-order valence-corrected chi connectivity index (χ1v) is 7.00. The van der Waals surface area contributed by atoms with Gasteiger partial charge in [-0.1, -0.05) is 24.3 Å². The molecule has 0 aliphatic carbocycles. The van der Waals surface area contributed by atoms with Gasteiger partial charge in [0.1, 0.15) is 5.82 Å². The van der Waals surface area contributed by atoms with Crippen LogP contribution in [-0.4, -0.2) is 12.5 Å². The van der Waals surface area contributed by atoms with Crippen LogP contribution in [0.25, 0.3) is 0 Å². The number of aryl methyl sites for hydroxylation is 1. The third-order valence-electron chi connectivity index (χ3n) is 3.86. The zero-order valence-corrected chi connectivity index (χ0v) is 11.8. The standard InChI is InChI=1S/C17H17FN2O/c1-11-8-13(18)6-7-16(11)20-17(21)15-10-19-9-12-4-2-3-5-14(12)15/h2-8,15,19H,9-10H2,1H3,(H,20,21). The second-order valence-corrected chi connectivity index (χ2v) is 5.33. The highest BCUT2D eigenvalue weighted by atomic mass is 19.1. The van der Waals surface area contributed by atoms with Gasteiger partial charge < -0.3 is 10.6 Å². The Morgan fingerprint density at radius 2 is 2.10 bits per heavy atom. The number of hydrogen-bond acceptors (Lipinski definition) is 2. The van der Waals surface area contributed by atoms with Crippen LogP contribution in [0.15, 0.2) is 42.5 Å². The van der Waals surface area contributed by atoms with Crippen molar-refractivity contribution in [3.63, 3.8) is 0 Å². The zero-order valence-electron chi connectivity index (χ0n) is 11.8. The SMILES string of the molecule is Cc1cc(F)ccc1NC(=O)C1CNCc2ccccc21. The molecule has 2 aromatic carbocycles. The maximum Gasteiger partial charge on any atom is 0.233 e. The molecule has 1 heterocycles. The summed E-state index contributed by atoms with van der Waals surface area (Å²) in [6.07, 6.45) is 0. The molecule has 108 valence electrons. The fourth-order valence-corrected chi connectivity index (χ4v) is 2.72. The molecule has 2 aromatic rings. The van der Waals surface area contributed by atoms with E-state index in [0.717, 1.165) is 23.2 Å². The second kappa shape index (κ2) is 5.66. The summed E-state index contributed by atoms with van der Waals surface area (Å²) in [6, 6.07) is 12.3. The highest BCUT2D eigenvalue weighted by Gasteiger charge is 2.26. The molecule has 3 nitrogen and oxygen atoms in total. The molecule has 1 atom stereocenters. The molecule has 0 radical (unpaired) electrons. The number of fused-ring (bicyclic) bond motifs is 1. The van der Waals surface area contributed by atoms with E-state index in [1.807, 2.05) is 24.3 Å². The van der Waals surface area contributed by atoms with E-state index in [0.29, 0.717) is 12.2 Å². The van der Waals surface area contributed by atoms with Crippen molar-refractivity contribution in [2.75, 3.05) is 11.9 Å². The first-order chi connectivity index (χ1) is 10.1. The Morgan fingerprint density at radius 3 is 2.90 bits per heavy atom. The normalized spacial score (nSPS) is 17.1. The molecule has 21 heavy (non-hydrogen) atoms. The van der Waals surface area contributed by atoms with Crippen LogP contribution in [0.5, 0.6) is 0 Å². The maximum absolute atomic E-state index is 13.1. The van der Waals surface area contributed by atoms with Crippen LogP contribution >= 0.6 is 0 Å². The monoisotopic (exact) mass is 284 g/mol. The Hall–Kier alpha value is -2.20. The van der Waals surface area contributed by atoms with Crippen molar-refractivity contribution in [1.29, 1.82) is 0 Å². The van der Waals surface area contributed by atoms with Crippen LogP contribution in [0.3, 0.4) is 0 Å². The first kappa shape index (κ1) is 13.8. The molecule has 0 fully saturated rings. The molecular weight excluding hydrogens is 267 g/mol. The van der Waals surface area contributed by atoms with Crippen LogP contribution in [0.1, 0.15) is 22.6 Å². The fraction of sp³-hybridized carbons (Fsp3) is 0.235. The summed E-state index contributed by atoms with van der Waals surface area (Å²) in [6.45, 7) is 3.18. The predicted molar refractivity (Wildman–Crippen MR) is 80.7 cm³/mol. The van der Waals surface area contributed by atoms with Crippen molar-refractivity contribution in [3.8, 4) is 0 Å². The summed E-state index contributed by atoms with van der Waals surface area (Å²) in [7, 11) is 0. The molecule has 2 N–H and O–H groups in total. The van der Waals surface area contributed by atoms with Crippen molar-refractivity contribution in [3.05, 3.63) is 65.0 Å². The van der Waals surface area contributed by atoms with Crippen molar-refractivity contribution >= 4 is 11.6 Å². The van der Waals surface area contributed by atoms with Gasteiger partial charge in [0.2, 0.25) is 5.91 Å². The van der Waals surface area contributed by atoms with Crippen molar-refractivity contribution < 1.29 is 9.18 Å². The number of carbonyl (C=O) groups excluding carboxylic acids is 1. The van der Waals surface area contributed by atoms with Crippen LogP contribution in [0.2, 0.25) is 0 Å². The molecular formula is C17H17FN2O. The number of carbonyl (C=O) groups is 1. The summed E-state index contributed by atoms with van der Waals surface area (Å²) in [4.78, 5) is 12.5. The minimum atomic E-state index is -0.296. The Balaban J connectivity index is 1.83. The lowest BCUT2D eigenvalue weighted by Crippen LogP contribution is -2.35. The van der Waals surface area contributed by atoms with Gasteiger partial charge in [-0.25, -0.2) is 4.39 Å². The Labute approximate surface area is 123 Å². The number of nitrogens with one attached hydrogen (secondary N) is 2. The number of amides is 1. The predicted octanol–water partition coefficient (Wildman–Crippen LogP) is 2.96. The lowest BCUT2D eigenvalue weighted by Gasteiger charge is -2.25. The van der Waals surface area contributed by atoms with Gasteiger partial charge in [0.25, 0.3) is 0 Å². The first-order valence-electron chi connectivity index (χ1n) is 7.00. The largest absolute Gasteiger partial charge is 0.325 e. The molecule has 1 unspecified atom stereocenters. The Bertz CT molecular complexity index is 684. The second-order valence-electron chi connectivity index (χ2n) is 5.33. The summed E-state index contributed by atoms with van der Waals surface area (Å²) in [5.74, 6) is -0.584. The van der Waals surface area contributed by atoms with E-state index in [1.165, 1.54) is 12.1 Å². The lowest BCUT2D eigenvalue weighted by molar-refractivity contribution is -0.117. The van der Waals surface area contributed by atoms with E-state index in [-0.39, 0.29) is 17.6 Å². The van der Waals surface area contributed by atoms with E-state index < -0.39 is 0 Å². The van der Waals surface area contributed by atoms with Crippen LogP contribution in [-0.2, 0) is 11.3 Å². The van der Waals surface area contributed by atoms with Crippen LogP contribution < -0.4 is 10.6 Å². The smallest absolute Gasteiger partial charge is 0.233 e. The third kappa shape index (κ3) is 2.81. The molecule has 0 aromatic heterocycles. The highest BCUT2D eigenvalue weighted by molar-refractivity contribution is 5.97. The molecule has 1 aliphatic rings. The van der Waals surface area contributed by atoms with Crippen molar-refractivity contribution in [1.82, 2.24) is 5.32 Å². The number of hydrogen-bond donors (Lipinski definition) is 2. The van der Waals surface area contributed by atoms with E-state index in [4.69, 9.17) is 0 Å². The molecule has 0 bridgehead atoms. The average molecular weight is 284 g/mol. The molecule has 4 heteroatoms. The van der Waals surface area contributed by atoms with E-state index in [2.05, 4.69) is 10.6 Å². The van der Waals surface area contributed by atoms with E-state index in [1.54, 1.807) is 13.0 Å². The van der Waals surface area contributed by atoms with E-state index >= 15 is 0 Å². The Kier molecular flexibility index (Phi) is 3.71. The van der Waals surface area contributed by atoms with Gasteiger partial charge in [-0.3, -0.25) is 4.79 Å².